The van der Waals surface area contributed by atoms with Gasteiger partial charge < -0.3 is 4.57 Å². The first kappa shape index (κ1) is 11.2. The minimum Gasteiger partial charge on any atom is -0.330 e. The number of imidazole rings is 1. The van der Waals surface area contributed by atoms with Crippen LogP contribution in [0.4, 0.5) is 0 Å². The average molecular weight is 235 g/mol. The van der Waals surface area contributed by atoms with E-state index in [-0.39, 0.29) is 0 Å². The van der Waals surface area contributed by atoms with Gasteiger partial charge in [0.1, 0.15) is 5.82 Å². The van der Waals surface area contributed by atoms with Gasteiger partial charge in [-0.15, -0.1) is 0 Å². The highest BCUT2D eigenvalue weighted by Gasteiger charge is 2.06. The van der Waals surface area contributed by atoms with E-state index in [1.54, 1.807) is 0 Å². The second kappa shape index (κ2) is 4.71. The summed E-state index contributed by atoms with van der Waals surface area (Å²) in [6, 6.07) is 7.94. The molecule has 2 rings (SSSR count). The predicted molar refractivity (Wildman–Crippen MR) is 66.9 cm³/mol. The van der Waals surface area contributed by atoms with Crippen molar-refractivity contribution in [2.75, 3.05) is 0 Å². The zero-order valence-electron chi connectivity index (χ0n) is 9.52. The largest absolute Gasteiger partial charge is 0.330 e. The Morgan fingerprint density at radius 2 is 1.94 bits per heavy atom. The lowest BCUT2D eigenvalue weighted by molar-refractivity contribution is 0.670. The standard InChI is InChI=1S/C13H15ClN2/c1-10(2)13-15-7-8-16(13)9-11-3-5-12(14)6-4-11/h3-8,10H,9H2,1-2H3. The third-order valence-electron chi connectivity index (χ3n) is 2.53. The quantitative estimate of drug-likeness (QED) is 0.792. The monoisotopic (exact) mass is 234 g/mol. The molecular formula is C13H15ClN2. The van der Waals surface area contributed by atoms with E-state index in [0.29, 0.717) is 5.92 Å². The molecule has 0 saturated carbocycles. The molecule has 0 aliphatic heterocycles. The molecule has 16 heavy (non-hydrogen) atoms. The highest BCUT2D eigenvalue weighted by atomic mass is 35.5. The van der Waals surface area contributed by atoms with Crippen LogP contribution in [0.1, 0.15) is 31.2 Å². The molecule has 0 spiro atoms. The van der Waals surface area contributed by atoms with Gasteiger partial charge in [-0.2, -0.15) is 0 Å². The molecule has 0 aliphatic rings. The van der Waals surface area contributed by atoms with Crippen LogP contribution in [0.5, 0.6) is 0 Å². The first-order valence-electron chi connectivity index (χ1n) is 5.42. The SMILES string of the molecule is CC(C)c1nccn1Cc1ccc(Cl)cc1. The second-order valence-electron chi connectivity index (χ2n) is 4.19. The topological polar surface area (TPSA) is 17.8 Å². The maximum absolute atomic E-state index is 5.86. The molecular weight excluding hydrogens is 220 g/mol. The highest BCUT2D eigenvalue weighted by molar-refractivity contribution is 6.30. The molecule has 1 aromatic carbocycles. The normalized spacial score (nSPS) is 11.0. The summed E-state index contributed by atoms with van der Waals surface area (Å²) in [6.45, 7) is 5.16. The van der Waals surface area contributed by atoms with Gasteiger partial charge in [0.15, 0.2) is 0 Å². The van der Waals surface area contributed by atoms with E-state index in [1.807, 2.05) is 36.7 Å². The van der Waals surface area contributed by atoms with E-state index >= 15 is 0 Å². The molecule has 0 bridgehead atoms. The fourth-order valence-electron chi connectivity index (χ4n) is 1.74. The Balaban J connectivity index is 2.20. The van der Waals surface area contributed by atoms with E-state index < -0.39 is 0 Å². The summed E-state index contributed by atoms with van der Waals surface area (Å²) in [6.07, 6.45) is 3.87. The molecule has 0 atom stereocenters. The van der Waals surface area contributed by atoms with Crippen LogP contribution in [0.15, 0.2) is 36.7 Å². The van der Waals surface area contributed by atoms with Crippen molar-refractivity contribution >= 4 is 11.6 Å². The van der Waals surface area contributed by atoms with Gasteiger partial charge in [0, 0.05) is 29.9 Å². The third kappa shape index (κ3) is 2.45. The number of nitrogens with zero attached hydrogens (tertiary/aromatic N) is 2. The Kier molecular flexibility index (Phi) is 3.30. The summed E-state index contributed by atoms with van der Waals surface area (Å²) in [5.74, 6) is 1.57. The van der Waals surface area contributed by atoms with Gasteiger partial charge in [-0.1, -0.05) is 37.6 Å². The second-order valence-corrected chi connectivity index (χ2v) is 4.63. The minimum atomic E-state index is 0.447. The van der Waals surface area contributed by atoms with Crippen molar-refractivity contribution < 1.29 is 0 Å². The summed E-state index contributed by atoms with van der Waals surface area (Å²) < 4.78 is 2.17. The fourth-order valence-corrected chi connectivity index (χ4v) is 1.87. The van der Waals surface area contributed by atoms with E-state index in [2.05, 4.69) is 23.4 Å². The van der Waals surface area contributed by atoms with Crippen LogP contribution in [0.25, 0.3) is 0 Å². The Morgan fingerprint density at radius 1 is 1.25 bits per heavy atom. The van der Waals surface area contributed by atoms with Crippen molar-refractivity contribution in [1.82, 2.24) is 9.55 Å². The first-order chi connectivity index (χ1) is 7.66. The van der Waals surface area contributed by atoms with Crippen LogP contribution in [0.3, 0.4) is 0 Å². The molecule has 2 nitrogen and oxygen atoms in total. The molecule has 0 radical (unpaired) electrons. The van der Waals surface area contributed by atoms with Crippen LogP contribution in [0.2, 0.25) is 5.02 Å². The van der Waals surface area contributed by atoms with Gasteiger partial charge in [0.05, 0.1) is 0 Å². The zero-order chi connectivity index (χ0) is 11.5. The Morgan fingerprint density at radius 3 is 2.56 bits per heavy atom. The predicted octanol–water partition coefficient (Wildman–Crippen LogP) is 3.71. The summed E-state index contributed by atoms with van der Waals surface area (Å²) >= 11 is 5.86. The average Bonchev–Trinajstić information content (AvgIpc) is 2.69. The van der Waals surface area contributed by atoms with Crippen molar-refractivity contribution in [1.29, 1.82) is 0 Å². The van der Waals surface area contributed by atoms with Crippen LogP contribution in [-0.2, 0) is 6.54 Å². The molecule has 0 amide bonds. The first-order valence-corrected chi connectivity index (χ1v) is 5.80. The van der Waals surface area contributed by atoms with Crippen LogP contribution in [0, 0.1) is 0 Å². The minimum absolute atomic E-state index is 0.447. The Hall–Kier alpha value is -1.28. The molecule has 0 fully saturated rings. The zero-order valence-corrected chi connectivity index (χ0v) is 10.3. The molecule has 0 aliphatic carbocycles. The molecule has 1 heterocycles. The lowest BCUT2D eigenvalue weighted by atomic mass is 10.2. The molecule has 2 aromatic rings. The number of aromatic nitrogens is 2. The fraction of sp³-hybridized carbons (Fsp3) is 0.308. The van der Waals surface area contributed by atoms with Crippen LogP contribution < -0.4 is 0 Å². The smallest absolute Gasteiger partial charge is 0.111 e. The molecule has 3 heteroatoms. The van der Waals surface area contributed by atoms with Gasteiger partial charge in [-0.05, 0) is 17.7 Å². The van der Waals surface area contributed by atoms with E-state index in [1.165, 1.54) is 5.56 Å². The summed E-state index contributed by atoms with van der Waals surface area (Å²) in [5.41, 5.74) is 1.24. The van der Waals surface area contributed by atoms with E-state index in [0.717, 1.165) is 17.4 Å². The van der Waals surface area contributed by atoms with Crippen molar-refractivity contribution in [2.24, 2.45) is 0 Å². The summed E-state index contributed by atoms with van der Waals surface area (Å²) in [4.78, 5) is 4.37. The maximum atomic E-state index is 5.86. The lowest BCUT2D eigenvalue weighted by Gasteiger charge is -2.10. The van der Waals surface area contributed by atoms with E-state index in [9.17, 15) is 0 Å². The van der Waals surface area contributed by atoms with Crippen molar-refractivity contribution in [3.8, 4) is 0 Å². The molecule has 1 aromatic heterocycles. The van der Waals surface area contributed by atoms with Gasteiger partial charge in [0.25, 0.3) is 0 Å². The van der Waals surface area contributed by atoms with Gasteiger partial charge in [-0.25, -0.2) is 4.98 Å². The number of halogens is 1. The van der Waals surface area contributed by atoms with Crippen LogP contribution >= 0.6 is 11.6 Å². The highest BCUT2D eigenvalue weighted by Crippen LogP contribution is 2.15. The van der Waals surface area contributed by atoms with Gasteiger partial charge >= 0.3 is 0 Å². The number of rotatable bonds is 3. The van der Waals surface area contributed by atoms with Crippen molar-refractivity contribution in [3.05, 3.63) is 53.1 Å². The summed E-state index contributed by atoms with van der Waals surface area (Å²) in [5, 5.41) is 0.776. The molecule has 0 saturated heterocycles. The number of benzene rings is 1. The third-order valence-corrected chi connectivity index (χ3v) is 2.78. The van der Waals surface area contributed by atoms with Gasteiger partial charge in [-0.3, -0.25) is 0 Å². The van der Waals surface area contributed by atoms with Crippen LogP contribution in [-0.4, -0.2) is 9.55 Å². The Bertz CT molecular complexity index is 457. The molecule has 0 unspecified atom stereocenters. The molecule has 84 valence electrons. The Labute approximate surface area is 101 Å². The maximum Gasteiger partial charge on any atom is 0.111 e. The van der Waals surface area contributed by atoms with Gasteiger partial charge in [0.2, 0.25) is 0 Å². The number of hydrogen-bond acceptors (Lipinski definition) is 1. The van der Waals surface area contributed by atoms with E-state index in [4.69, 9.17) is 11.6 Å². The molecule has 0 N–H and O–H groups in total. The lowest BCUT2D eigenvalue weighted by Crippen LogP contribution is -2.05. The van der Waals surface area contributed by atoms with Crippen molar-refractivity contribution in [3.63, 3.8) is 0 Å². The number of hydrogen-bond donors (Lipinski definition) is 0. The summed E-state index contributed by atoms with van der Waals surface area (Å²) in [7, 11) is 0. The van der Waals surface area contributed by atoms with Crippen molar-refractivity contribution in [2.45, 2.75) is 26.3 Å².